The second-order valence-electron chi connectivity index (χ2n) is 10.9. The topological polar surface area (TPSA) is 128 Å². The van der Waals surface area contributed by atoms with Crippen LogP contribution in [0.25, 0.3) is 0 Å². The second-order valence-corrected chi connectivity index (χ2v) is 12.7. The number of aliphatic hydroxyl groups is 1. The number of halogens is 2. The van der Waals surface area contributed by atoms with Gasteiger partial charge in [-0.2, -0.15) is 13.8 Å². The summed E-state index contributed by atoms with van der Waals surface area (Å²) in [5.74, 6) is -0.171. The van der Waals surface area contributed by atoms with Crippen LogP contribution in [0.2, 0.25) is 0 Å². The minimum absolute atomic E-state index is 0.150. The molecule has 1 aromatic carbocycles. The van der Waals surface area contributed by atoms with E-state index in [2.05, 4.69) is 24.9 Å². The van der Waals surface area contributed by atoms with Crippen LogP contribution < -0.4 is 19.8 Å². The Morgan fingerprint density at radius 2 is 1.73 bits per heavy atom. The van der Waals surface area contributed by atoms with Crippen LogP contribution in [0.3, 0.4) is 0 Å². The maximum Gasteiger partial charge on any atom is 0.269 e. The highest BCUT2D eigenvalue weighted by molar-refractivity contribution is 7.92. The van der Waals surface area contributed by atoms with Crippen molar-refractivity contribution in [2.24, 2.45) is 5.41 Å². The first-order valence-electron chi connectivity index (χ1n) is 13.5. The SMILES string of the molecule is Cc1cc(NC(=O)c2ccc(NS(=O)(=O)CCO)cc2N2CCC3(CC2)CC3)nc(N2CCC(=C(F)F)CC2)n1. The molecule has 216 valence electrons. The Morgan fingerprint density at radius 1 is 1.02 bits per heavy atom. The zero-order valence-corrected chi connectivity index (χ0v) is 23.2. The number of carbonyl (C=O) groups excluding carboxylic acids is 1. The fraction of sp³-hybridized carbons (Fsp3) is 0.519. The molecule has 2 saturated heterocycles. The minimum atomic E-state index is -3.74. The van der Waals surface area contributed by atoms with E-state index in [0.29, 0.717) is 52.9 Å². The van der Waals surface area contributed by atoms with Crippen molar-refractivity contribution in [2.75, 3.05) is 58.4 Å². The monoisotopic (exact) mass is 576 g/mol. The maximum atomic E-state index is 13.6. The van der Waals surface area contributed by atoms with E-state index in [9.17, 15) is 22.0 Å². The van der Waals surface area contributed by atoms with Gasteiger partial charge in [-0.1, -0.05) is 0 Å². The number of sulfonamides is 1. The highest BCUT2D eigenvalue weighted by Crippen LogP contribution is 2.54. The number of rotatable bonds is 8. The summed E-state index contributed by atoms with van der Waals surface area (Å²) < 4.78 is 52.9. The lowest BCUT2D eigenvalue weighted by molar-refractivity contribution is 0.102. The first-order chi connectivity index (χ1) is 19.1. The quantitative estimate of drug-likeness (QED) is 0.432. The molecule has 40 heavy (non-hydrogen) atoms. The summed E-state index contributed by atoms with van der Waals surface area (Å²) in [6.07, 6.45) is 3.32. The molecule has 10 nitrogen and oxygen atoms in total. The van der Waals surface area contributed by atoms with Gasteiger partial charge in [0.1, 0.15) is 5.82 Å². The van der Waals surface area contributed by atoms with Crippen molar-refractivity contribution in [3.63, 3.8) is 0 Å². The lowest BCUT2D eigenvalue weighted by atomic mass is 9.93. The van der Waals surface area contributed by atoms with Crippen molar-refractivity contribution in [3.8, 4) is 0 Å². The Hall–Kier alpha value is -3.32. The van der Waals surface area contributed by atoms with Gasteiger partial charge in [-0.3, -0.25) is 9.52 Å². The molecule has 1 amide bonds. The summed E-state index contributed by atoms with van der Waals surface area (Å²) >= 11 is 0. The van der Waals surface area contributed by atoms with Crippen molar-refractivity contribution in [2.45, 2.75) is 45.4 Å². The number of aromatic nitrogens is 2. The number of aliphatic hydroxyl groups excluding tert-OH is 1. The van der Waals surface area contributed by atoms with E-state index in [1.165, 1.54) is 18.9 Å². The third-order valence-corrected chi connectivity index (χ3v) is 9.27. The Morgan fingerprint density at radius 3 is 2.35 bits per heavy atom. The Balaban J connectivity index is 1.38. The number of nitrogens with one attached hydrogen (secondary N) is 2. The van der Waals surface area contributed by atoms with Gasteiger partial charge in [0, 0.05) is 37.9 Å². The number of carbonyl (C=O) groups is 1. The number of hydrogen-bond donors (Lipinski definition) is 3. The molecule has 2 aliphatic heterocycles. The van der Waals surface area contributed by atoms with E-state index in [0.717, 1.165) is 25.9 Å². The average molecular weight is 577 g/mol. The fourth-order valence-electron chi connectivity index (χ4n) is 5.41. The van der Waals surface area contributed by atoms with E-state index < -0.39 is 34.4 Å². The summed E-state index contributed by atoms with van der Waals surface area (Å²) in [6, 6.07) is 6.42. The number of benzene rings is 1. The van der Waals surface area contributed by atoms with Crippen LogP contribution in [-0.2, 0) is 10.0 Å². The third kappa shape index (κ3) is 6.52. The van der Waals surface area contributed by atoms with E-state index in [1.807, 2.05) is 4.90 Å². The molecule has 3 aliphatic rings. The molecule has 1 saturated carbocycles. The molecule has 1 aliphatic carbocycles. The molecule has 3 fully saturated rings. The lowest BCUT2D eigenvalue weighted by Crippen LogP contribution is -2.36. The molecular formula is C27H34F2N6O4S. The highest BCUT2D eigenvalue weighted by Gasteiger charge is 2.44. The summed E-state index contributed by atoms with van der Waals surface area (Å²) in [7, 11) is -3.74. The summed E-state index contributed by atoms with van der Waals surface area (Å²) in [5.41, 5.74) is 2.49. The van der Waals surface area contributed by atoms with Gasteiger partial charge >= 0.3 is 0 Å². The number of nitrogens with zero attached hydrogens (tertiary/aromatic N) is 4. The van der Waals surface area contributed by atoms with Crippen LogP contribution >= 0.6 is 0 Å². The summed E-state index contributed by atoms with van der Waals surface area (Å²) in [5, 5.41) is 11.9. The largest absolute Gasteiger partial charge is 0.395 e. The first kappa shape index (κ1) is 28.2. The molecule has 3 N–H and O–H groups in total. The van der Waals surface area contributed by atoms with Crippen molar-refractivity contribution in [1.29, 1.82) is 0 Å². The van der Waals surface area contributed by atoms with Gasteiger partial charge in [0.25, 0.3) is 12.0 Å². The standard InChI is InChI=1S/C27H34F2N6O4S/c1-18-16-23(32-26(30-18)35-10-4-19(5-11-35)24(28)29)31-25(37)21-3-2-20(33-40(38,39)15-14-36)17-22(21)34-12-8-27(6-7-27)9-13-34/h2-3,16-17,33,36H,4-15H2,1H3,(H,30,31,32,37). The van der Waals surface area contributed by atoms with E-state index >= 15 is 0 Å². The zero-order valence-electron chi connectivity index (χ0n) is 22.4. The number of amides is 1. The molecule has 13 heteroatoms. The average Bonchev–Trinajstić information content (AvgIpc) is 3.67. The predicted molar refractivity (Wildman–Crippen MR) is 149 cm³/mol. The van der Waals surface area contributed by atoms with E-state index in [-0.39, 0.29) is 18.4 Å². The van der Waals surface area contributed by atoms with Gasteiger partial charge < -0.3 is 20.2 Å². The maximum absolute atomic E-state index is 13.6. The Labute approximate surface area is 232 Å². The molecule has 2 aromatic rings. The zero-order chi connectivity index (χ0) is 28.5. The molecule has 1 aromatic heterocycles. The normalized spacial score (nSPS) is 18.6. The molecule has 0 bridgehead atoms. The molecular weight excluding hydrogens is 542 g/mol. The number of hydrogen-bond acceptors (Lipinski definition) is 8. The fourth-order valence-corrected chi connectivity index (χ4v) is 6.23. The summed E-state index contributed by atoms with van der Waals surface area (Å²) in [6.45, 7) is 3.51. The smallest absolute Gasteiger partial charge is 0.269 e. The predicted octanol–water partition coefficient (Wildman–Crippen LogP) is 3.90. The third-order valence-electron chi connectivity index (χ3n) is 8.00. The first-order valence-corrected chi connectivity index (χ1v) is 15.2. The molecule has 0 unspecified atom stereocenters. The van der Waals surface area contributed by atoms with Gasteiger partial charge in [0.05, 0.1) is 29.3 Å². The van der Waals surface area contributed by atoms with Crippen molar-refractivity contribution >= 4 is 39.1 Å². The van der Waals surface area contributed by atoms with Crippen molar-refractivity contribution < 1.29 is 27.1 Å². The van der Waals surface area contributed by atoms with Gasteiger partial charge in [0.15, 0.2) is 0 Å². The lowest BCUT2D eigenvalue weighted by Gasteiger charge is -2.35. The van der Waals surface area contributed by atoms with Crippen LogP contribution in [0.1, 0.15) is 54.6 Å². The van der Waals surface area contributed by atoms with Gasteiger partial charge in [-0.15, -0.1) is 0 Å². The van der Waals surface area contributed by atoms with Crippen LogP contribution in [0.5, 0.6) is 0 Å². The van der Waals surface area contributed by atoms with E-state index in [4.69, 9.17) is 5.11 Å². The molecule has 0 radical (unpaired) electrons. The molecule has 0 atom stereocenters. The van der Waals surface area contributed by atoms with Crippen LogP contribution in [0.4, 0.5) is 31.9 Å². The molecule has 1 spiro atoms. The molecule has 3 heterocycles. The second kappa shape index (κ2) is 11.3. The summed E-state index contributed by atoms with van der Waals surface area (Å²) in [4.78, 5) is 26.4. The minimum Gasteiger partial charge on any atom is -0.395 e. The van der Waals surface area contributed by atoms with Gasteiger partial charge in [0.2, 0.25) is 16.0 Å². The van der Waals surface area contributed by atoms with Crippen molar-refractivity contribution in [3.05, 3.63) is 47.2 Å². The van der Waals surface area contributed by atoms with Crippen LogP contribution in [0, 0.1) is 12.3 Å². The van der Waals surface area contributed by atoms with Crippen LogP contribution in [-0.4, -0.2) is 67.9 Å². The van der Waals surface area contributed by atoms with Crippen molar-refractivity contribution in [1.82, 2.24) is 9.97 Å². The molecule has 5 rings (SSSR count). The Bertz CT molecular complexity index is 1410. The number of piperidine rings is 2. The van der Waals surface area contributed by atoms with Gasteiger partial charge in [-0.25, -0.2) is 13.4 Å². The highest BCUT2D eigenvalue weighted by atomic mass is 32.2. The Kier molecular flexibility index (Phi) is 7.96. The van der Waals surface area contributed by atoms with E-state index in [1.54, 1.807) is 25.1 Å². The number of aryl methyl sites for hydroxylation is 1. The number of anilines is 4. The van der Waals surface area contributed by atoms with Crippen LogP contribution in [0.15, 0.2) is 35.9 Å². The van der Waals surface area contributed by atoms with Gasteiger partial charge in [-0.05, 0) is 74.6 Å².